The third kappa shape index (κ3) is 5.80. The van der Waals surface area contributed by atoms with Crippen LogP contribution in [0.4, 0.5) is 0 Å². The number of hydrogen-bond donors (Lipinski definition) is 0. The summed E-state index contributed by atoms with van der Waals surface area (Å²) in [6, 6.07) is 10.7. The zero-order valence-corrected chi connectivity index (χ0v) is 14.3. The molecule has 1 aromatic carbocycles. The van der Waals surface area contributed by atoms with Crippen molar-refractivity contribution < 1.29 is 4.84 Å². The topological polar surface area (TPSA) is 24.8 Å². The third-order valence-electron chi connectivity index (χ3n) is 4.25. The maximum atomic E-state index is 5.67. The Hall–Kier alpha value is -1.35. The van der Waals surface area contributed by atoms with Crippen LogP contribution in [-0.4, -0.2) is 37.9 Å². The smallest absolute Gasteiger partial charge is 0.120 e. The van der Waals surface area contributed by atoms with Gasteiger partial charge in [-0.3, -0.25) is 0 Å². The molecular formula is C19H30N2O. The molecule has 0 amide bonds. The van der Waals surface area contributed by atoms with Crippen molar-refractivity contribution >= 4 is 5.71 Å². The monoisotopic (exact) mass is 302 g/mol. The van der Waals surface area contributed by atoms with Crippen molar-refractivity contribution in [3.63, 3.8) is 0 Å². The Labute approximate surface area is 135 Å². The second-order valence-electron chi connectivity index (χ2n) is 6.88. The van der Waals surface area contributed by atoms with Gasteiger partial charge in [0.1, 0.15) is 6.61 Å². The van der Waals surface area contributed by atoms with E-state index >= 15 is 0 Å². The second kappa shape index (κ2) is 8.94. The van der Waals surface area contributed by atoms with Crippen LogP contribution in [0.2, 0.25) is 0 Å². The molecule has 1 aliphatic carbocycles. The van der Waals surface area contributed by atoms with E-state index in [1.54, 1.807) is 0 Å². The van der Waals surface area contributed by atoms with Crippen molar-refractivity contribution in [3.8, 4) is 0 Å². The van der Waals surface area contributed by atoms with Crippen LogP contribution in [-0.2, 0) is 11.3 Å². The Morgan fingerprint density at radius 1 is 1.23 bits per heavy atom. The lowest BCUT2D eigenvalue weighted by molar-refractivity contribution is 0.0994. The minimum Gasteiger partial charge on any atom is -0.396 e. The van der Waals surface area contributed by atoms with Gasteiger partial charge in [0.2, 0.25) is 0 Å². The molecule has 1 aromatic rings. The van der Waals surface area contributed by atoms with Gasteiger partial charge in [-0.25, -0.2) is 0 Å². The molecule has 1 fully saturated rings. The average Bonchev–Trinajstić information content (AvgIpc) is 2.49. The van der Waals surface area contributed by atoms with Crippen LogP contribution in [0.1, 0.15) is 38.2 Å². The highest BCUT2D eigenvalue weighted by Crippen LogP contribution is 2.25. The number of rotatable bonds is 7. The predicted octanol–water partition coefficient (Wildman–Crippen LogP) is 3.99. The zero-order chi connectivity index (χ0) is 15.8. The molecule has 2 rings (SSSR count). The quantitative estimate of drug-likeness (QED) is 0.711. The van der Waals surface area contributed by atoms with Crippen molar-refractivity contribution in [2.24, 2.45) is 17.0 Å². The van der Waals surface area contributed by atoms with E-state index in [1.807, 2.05) is 0 Å². The van der Waals surface area contributed by atoms with E-state index in [9.17, 15) is 0 Å². The molecule has 22 heavy (non-hydrogen) atoms. The van der Waals surface area contributed by atoms with E-state index in [1.165, 1.54) is 30.5 Å². The molecule has 2 atom stereocenters. The molecule has 0 aliphatic heterocycles. The van der Waals surface area contributed by atoms with Gasteiger partial charge in [0, 0.05) is 18.4 Å². The Kier molecular flexibility index (Phi) is 6.91. The molecule has 0 saturated heterocycles. The van der Waals surface area contributed by atoms with Crippen LogP contribution in [0, 0.1) is 11.8 Å². The number of oxime groups is 1. The number of benzene rings is 1. The van der Waals surface area contributed by atoms with Crippen molar-refractivity contribution in [2.75, 3.05) is 27.2 Å². The highest BCUT2D eigenvalue weighted by molar-refractivity contribution is 5.87. The highest BCUT2D eigenvalue weighted by Gasteiger charge is 2.21. The van der Waals surface area contributed by atoms with E-state index < -0.39 is 0 Å². The summed E-state index contributed by atoms with van der Waals surface area (Å²) in [5.74, 6) is 1.07. The summed E-state index contributed by atoms with van der Waals surface area (Å²) in [4.78, 5) is 7.86. The zero-order valence-electron chi connectivity index (χ0n) is 14.3. The van der Waals surface area contributed by atoms with Crippen molar-refractivity contribution in [1.82, 2.24) is 4.90 Å². The predicted molar refractivity (Wildman–Crippen MR) is 93.2 cm³/mol. The van der Waals surface area contributed by atoms with Crippen molar-refractivity contribution in [1.29, 1.82) is 0 Å². The molecule has 0 aromatic heterocycles. The first-order valence-electron chi connectivity index (χ1n) is 8.52. The third-order valence-corrected chi connectivity index (χ3v) is 4.25. The summed E-state index contributed by atoms with van der Waals surface area (Å²) < 4.78 is 0. The fourth-order valence-electron chi connectivity index (χ4n) is 3.23. The molecule has 3 nitrogen and oxygen atoms in total. The lowest BCUT2D eigenvalue weighted by Crippen LogP contribution is -2.24. The molecule has 0 spiro atoms. The lowest BCUT2D eigenvalue weighted by Gasteiger charge is -2.24. The minimum atomic E-state index is 0.510. The second-order valence-corrected chi connectivity index (χ2v) is 6.88. The fourth-order valence-corrected chi connectivity index (χ4v) is 3.23. The van der Waals surface area contributed by atoms with Crippen LogP contribution in [0.25, 0.3) is 0 Å². The van der Waals surface area contributed by atoms with E-state index in [2.05, 4.69) is 61.4 Å². The molecule has 3 heteroatoms. The Balaban J connectivity index is 1.87. The van der Waals surface area contributed by atoms with Gasteiger partial charge in [0.25, 0.3) is 0 Å². The number of nitrogens with zero attached hydrogens (tertiary/aromatic N) is 2. The molecular weight excluding hydrogens is 272 g/mol. The Bertz CT molecular complexity index is 456. The summed E-state index contributed by atoms with van der Waals surface area (Å²) in [6.07, 6.45) is 5.99. The maximum absolute atomic E-state index is 5.67. The summed E-state index contributed by atoms with van der Waals surface area (Å²) in [5.41, 5.74) is 2.68. The van der Waals surface area contributed by atoms with Gasteiger partial charge in [-0.1, -0.05) is 48.8 Å². The molecule has 1 saturated carbocycles. The molecule has 0 bridgehead atoms. The van der Waals surface area contributed by atoms with Gasteiger partial charge in [-0.05, 0) is 45.3 Å². The molecule has 122 valence electrons. The van der Waals surface area contributed by atoms with Crippen molar-refractivity contribution in [3.05, 3.63) is 35.9 Å². The van der Waals surface area contributed by atoms with Gasteiger partial charge in [-0.15, -0.1) is 0 Å². The lowest BCUT2D eigenvalue weighted by atomic mass is 9.83. The first-order chi connectivity index (χ1) is 10.6. The molecule has 0 N–H and O–H groups in total. The summed E-state index contributed by atoms with van der Waals surface area (Å²) >= 11 is 0. The maximum Gasteiger partial charge on any atom is 0.120 e. The van der Waals surface area contributed by atoms with Crippen LogP contribution >= 0.6 is 0 Å². The molecule has 0 heterocycles. The molecule has 2 unspecified atom stereocenters. The van der Waals surface area contributed by atoms with E-state index in [4.69, 9.17) is 4.84 Å². The molecule has 0 radical (unpaired) electrons. The first-order valence-corrected chi connectivity index (χ1v) is 8.52. The fraction of sp³-hybridized carbons (Fsp3) is 0.632. The van der Waals surface area contributed by atoms with E-state index in [0.29, 0.717) is 18.4 Å². The minimum absolute atomic E-state index is 0.510. The van der Waals surface area contributed by atoms with Gasteiger partial charge in [0.15, 0.2) is 0 Å². The largest absolute Gasteiger partial charge is 0.396 e. The first kappa shape index (κ1) is 17.0. The van der Waals surface area contributed by atoms with Crippen LogP contribution < -0.4 is 0 Å². The van der Waals surface area contributed by atoms with Gasteiger partial charge < -0.3 is 9.74 Å². The van der Waals surface area contributed by atoms with Crippen LogP contribution in [0.3, 0.4) is 0 Å². The van der Waals surface area contributed by atoms with Crippen LogP contribution in [0.5, 0.6) is 0 Å². The van der Waals surface area contributed by atoms with E-state index in [0.717, 1.165) is 19.4 Å². The van der Waals surface area contributed by atoms with Gasteiger partial charge in [-0.2, -0.15) is 0 Å². The highest BCUT2D eigenvalue weighted by atomic mass is 16.6. The normalized spacial score (nSPS) is 22.0. The van der Waals surface area contributed by atoms with E-state index in [-0.39, 0.29) is 0 Å². The average molecular weight is 302 g/mol. The van der Waals surface area contributed by atoms with Crippen LogP contribution in [0.15, 0.2) is 35.5 Å². The van der Waals surface area contributed by atoms with Gasteiger partial charge >= 0.3 is 0 Å². The summed E-state index contributed by atoms with van der Waals surface area (Å²) in [5, 5.41) is 4.51. The molecule has 1 aliphatic rings. The van der Waals surface area contributed by atoms with Crippen molar-refractivity contribution in [2.45, 2.75) is 39.0 Å². The van der Waals surface area contributed by atoms with Gasteiger partial charge in [0.05, 0.1) is 5.71 Å². The summed E-state index contributed by atoms with van der Waals surface area (Å²) in [6.45, 7) is 3.96. The Morgan fingerprint density at radius 2 is 2.00 bits per heavy atom. The standard InChI is InChI=1S/C19H30N2O/c1-16(14-21(2)3)15-22-20-19-12-8-7-11-18(19)13-17-9-5-4-6-10-17/h4-6,9-10,16,18H,7-8,11-15H2,1-3H3. The summed E-state index contributed by atoms with van der Waals surface area (Å²) in [7, 11) is 4.19. The Morgan fingerprint density at radius 3 is 2.73 bits per heavy atom. The number of hydrogen-bond acceptors (Lipinski definition) is 3. The SMILES string of the molecule is CC(CON=C1CCCCC1Cc1ccccc1)CN(C)C.